The maximum absolute atomic E-state index is 12.8. The predicted octanol–water partition coefficient (Wildman–Crippen LogP) is 4.94. The lowest BCUT2D eigenvalue weighted by Gasteiger charge is -2.23. The first kappa shape index (κ1) is 21.7. The molecule has 0 atom stereocenters. The molecule has 0 saturated carbocycles. The fourth-order valence-electron chi connectivity index (χ4n) is 3.82. The van der Waals surface area contributed by atoms with Gasteiger partial charge < -0.3 is 10.7 Å². The maximum atomic E-state index is 12.8. The first-order valence-electron chi connectivity index (χ1n) is 9.57. The number of ketones is 1. The van der Waals surface area contributed by atoms with Gasteiger partial charge in [-0.25, -0.2) is 4.68 Å². The van der Waals surface area contributed by atoms with E-state index in [4.69, 9.17) is 29.0 Å². The Hall–Kier alpha value is -2.48. The summed E-state index contributed by atoms with van der Waals surface area (Å²) in [5.41, 5.74) is 3.60. The third-order valence-corrected chi connectivity index (χ3v) is 6.95. The van der Waals surface area contributed by atoms with E-state index in [1.807, 2.05) is 19.2 Å². The van der Waals surface area contributed by atoms with E-state index in [1.165, 1.54) is 22.0 Å². The first-order valence-corrected chi connectivity index (χ1v) is 11.3. The van der Waals surface area contributed by atoms with Gasteiger partial charge in [-0.3, -0.25) is 4.79 Å². The average Bonchev–Trinajstić information content (AvgIpc) is 3.19. The Kier molecular flexibility index (Phi) is 5.77. The molecule has 0 bridgehead atoms. The molecule has 0 unspecified atom stereocenters. The lowest BCUT2D eigenvalue weighted by atomic mass is 9.83. The SMILES string of the molecule is CN1C(=CC(=O)CSc2nnc(-c3cc(Cl)ccc3Cl)n2N)C(C)(C)c2ccccc21. The van der Waals surface area contributed by atoms with E-state index >= 15 is 0 Å². The zero-order valence-corrected chi connectivity index (χ0v) is 19.6. The van der Waals surface area contributed by atoms with Crippen LogP contribution in [0.1, 0.15) is 19.4 Å². The van der Waals surface area contributed by atoms with Crippen LogP contribution in [-0.4, -0.2) is 33.5 Å². The number of carbonyl (C=O) groups excluding carboxylic acids is 1. The van der Waals surface area contributed by atoms with Crippen LogP contribution in [0.15, 0.2) is 59.4 Å². The Labute approximate surface area is 195 Å². The Balaban J connectivity index is 1.52. The zero-order chi connectivity index (χ0) is 22.3. The minimum Gasteiger partial charge on any atom is -0.347 e. The number of para-hydroxylation sites is 1. The number of halogens is 2. The summed E-state index contributed by atoms with van der Waals surface area (Å²) in [5.74, 6) is 6.70. The number of thioether (sulfide) groups is 1. The molecule has 6 nitrogen and oxygen atoms in total. The number of nitrogens with zero attached hydrogens (tertiary/aromatic N) is 4. The van der Waals surface area contributed by atoms with Crippen LogP contribution in [0.25, 0.3) is 11.4 Å². The van der Waals surface area contributed by atoms with Crippen LogP contribution in [0.5, 0.6) is 0 Å². The summed E-state index contributed by atoms with van der Waals surface area (Å²) in [7, 11) is 1.98. The molecule has 3 aromatic rings. The molecule has 9 heteroatoms. The van der Waals surface area contributed by atoms with E-state index in [-0.39, 0.29) is 17.0 Å². The summed E-state index contributed by atoms with van der Waals surface area (Å²) in [4.78, 5) is 14.9. The van der Waals surface area contributed by atoms with Crippen molar-refractivity contribution in [1.29, 1.82) is 0 Å². The molecule has 4 rings (SSSR count). The molecule has 1 aromatic heterocycles. The quantitative estimate of drug-likeness (QED) is 0.321. The lowest BCUT2D eigenvalue weighted by molar-refractivity contribution is -0.112. The number of aromatic nitrogens is 3. The van der Waals surface area contributed by atoms with Crippen molar-refractivity contribution in [1.82, 2.24) is 14.9 Å². The molecule has 1 aliphatic heterocycles. The number of benzene rings is 2. The molecule has 1 aliphatic rings. The number of carbonyl (C=O) groups is 1. The summed E-state index contributed by atoms with van der Waals surface area (Å²) in [6, 6.07) is 13.2. The summed E-state index contributed by atoms with van der Waals surface area (Å²) in [5, 5.41) is 9.63. The summed E-state index contributed by atoms with van der Waals surface area (Å²) < 4.78 is 1.32. The Morgan fingerprint density at radius 2 is 1.94 bits per heavy atom. The third kappa shape index (κ3) is 3.93. The van der Waals surface area contributed by atoms with Crippen molar-refractivity contribution in [3.63, 3.8) is 0 Å². The fourth-order valence-corrected chi connectivity index (χ4v) is 4.87. The molecule has 0 spiro atoms. The van der Waals surface area contributed by atoms with Gasteiger partial charge in [0, 0.05) is 40.5 Å². The van der Waals surface area contributed by atoms with E-state index in [9.17, 15) is 4.79 Å². The molecule has 0 saturated heterocycles. The van der Waals surface area contributed by atoms with Gasteiger partial charge >= 0.3 is 0 Å². The maximum Gasteiger partial charge on any atom is 0.210 e. The molecular formula is C22H21Cl2N5OS. The van der Waals surface area contributed by atoms with Gasteiger partial charge in [-0.1, -0.05) is 67.0 Å². The van der Waals surface area contributed by atoms with Gasteiger partial charge in [-0.05, 0) is 29.8 Å². The molecule has 160 valence electrons. The van der Waals surface area contributed by atoms with E-state index < -0.39 is 0 Å². The van der Waals surface area contributed by atoms with E-state index in [2.05, 4.69) is 41.1 Å². The van der Waals surface area contributed by atoms with Crippen LogP contribution in [0, 0.1) is 0 Å². The van der Waals surface area contributed by atoms with Gasteiger partial charge in [0.2, 0.25) is 5.16 Å². The molecule has 0 amide bonds. The van der Waals surface area contributed by atoms with Crippen molar-refractivity contribution in [3.05, 3.63) is 69.8 Å². The number of fused-ring (bicyclic) bond motifs is 1. The van der Waals surface area contributed by atoms with Gasteiger partial charge in [0.25, 0.3) is 0 Å². The highest BCUT2D eigenvalue weighted by Gasteiger charge is 2.38. The Bertz CT molecular complexity index is 1200. The van der Waals surface area contributed by atoms with Crippen molar-refractivity contribution in [2.75, 3.05) is 23.5 Å². The average molecular weight is 474 g/mol. The Morgan fingerprint density at radius 3 is 2.68 bits per heavy atom. The van der Waals surface area contributed by atoms with Crippen LogP contribution in [0.2, 0.25) is 10.0 Å². The van der Waals surface area contributed by atoms with Crippen molar-refractivity contribution in [2.24, 2.45) is 0 Å². The van der Waals surface area contributed by atoms with E-state index in [0.29, 0.717) is 26.6 Å². The van der Waals surface area contributed by atoms with Crippen molar-refractivity contribution in [2.45, 2.75) is 24.4 Å². The Morgan fingerprint density at radius 1 is 1.19 bits per heavy atom. The molecule has 0 aliphatic carbocycles. The van der Waals surface area contributed by atoms with Crippen LogP contribution in [-0.2, 0) is 10.2 Å². The van der Waals surface area contributed by atoms with Gasteiger partial charge in [0.1, 0.15) is 0 Å². The summed E-state index contributed by atoms with van der Waals surface area (Å²) in [6.45, 7) is 4.25. The standard InChI is InChI=1S/C22H21Cl2N5OS/c1-22(2)16-6-4-5-7-18(16)28(3)19(22)11-14(30)12-31-21-27-26-20(29(21)25)15-10-13(23)8-9-17(15)24/h4-11H,12,25H2,1-3H3. The molecular weight excluding hydrogens is 453 g/mol. The summed E-state index contributed by atoms with van der Waals surface area (Å²) in [6.07, 6.45) is 1.71. The second kappa shape index (κ2) is 8.22. The highest BCUT2D eigenvalue weighted by Crippen LogP contribution is 2.46. The van der Waals surface area contributed by atoms with Gasteiger partial charge in [-0.15, -0.1) is 10.2 Å². The lowest BCUT2D eigenvalue weighted by Crippen LogP contribution is -2.24. The summed E-state index contributed by atoms with van der Waals surface area (Å²) >= 11 is 13.5. The van der Waals surface area contributed by atoms with Crippen LogP contribution in [0.3, 0.4) is 0 Å². The normalized spacial score (nSPS) is 16.0. The largest absolute Gasteiger partial charge is 0.347 e. The number of allylic oxidation sites excluding steroid dienone is 2. The minimum absolute atomic E-state index is 0.0296. The molecule has 31 heavy (non-hydrogen) atoms. The molecule has 2 N–H and O–H groups in total. The highest BCUT2D eigenvalue weighted by molar-refractivity contribution is 7.99. The smallest absolute Gasteiger partial charge is 0.210 e. The first-order chi connectivity index (χ1) is 14.7. The topological polar surface area (TPSA) is 77.0 Å². The number of nitrogens with two attached hydrogens (primary N) is 1. The van der Waals surface area contributed by atoms with Crippen molar-refractivity contribution < 1.29 is 4.79 Å². The number of anilines is 1. The number of rotatable bonds is 5. The molecule has 2 heterocycles. The number of hydrogen-bond acceptors (Lipinski definition) is 6. The monoisotopic (exact) mass is 473 g/mol. The van der Waals surface area contributed by atoms with Crippen molar-refractivity contribution in [3.8, 4) is 11.4 Å². The van der Waals surface area contributed by atoms with E-state index in [1.54, 1.807) is 24.3 Å². The van der Waals surface area contributed by atoms with E-state index in [0.717, 1.165) is 11.4 Å². The number of likely N-dealkylation sites (N-methyl/N-ethyl adjacent to an activating group) is 1. The van der Waals surface area contributed by atoms with Crippen LogP contribution in [0.4, 0.5) is 5.69 Å². The predicted molar refractivity (Wildman–Crippen MR) is 127 cm³/mol. The zero-order valence-electron chi connectivity index (χ0n) is 17.3. The van der Waals surface area contributed by atoms with Crippen LogP contribution < -0.4 is 10.7 Å². The molecule has 0 radical (unpaired) electrons. The fraction of sp³-hybridized carbons (Fsp3) is 0.227. The molecule has 0 fully saturated rings. The van der Waals surface area contributed by atoms with Gasteiger partial charge in [0.15, 0.2) is 11.6 Å². The minimum atomic E-state index is -0.254. The third-order valence-electron chi connectivity index (χ3n) is 5.42. The van der Waals surface area contributed by atoms with Crippen LogP contribution >= 0.6 is 35.0 Å². The van der Waals surface area contributed by atoms with Gasteiger partial charge in [0.05, 0.1) is 10.8 Å². The number of hydrogen-bond donors (Lipinski definition) is 1. The van der Waals surface area contributed by atoms with Crippen molar-refractivity contribution >= 4 is 46.4 Å². The molecule has 2 aromatic carbocycles. The van der Waals surface area contributed by atoms with Gasteiger partial charge in [-0.2, -0.15) is 0 Å². The second-order valence-electron chi connectivity index (χ2n) is 7.79. The highest BCUT2D eigenvalue weighted by atomic mass is 35.5. The second-order valence-corrected chi connectivity index (χ2v) is 9.57. The number of nitrogen functional groups attached to an aromatic ring is 1.